The molecule has 0 aromatic carbocycles. The lowest BCUT2D eigenvalue weighted by molar-refractivity contribution is 0.0590. The molecule has 21 heavy (non-hydrogen) atoms. The van der Waals surface area contributed by atoms with Gasteiger partial charge in [0, 0.05) is 38.2 Å². The van der Waals surface area contributed by atoms with Crippen LogP contribution >= 0.6 is 22.9 Å². The molecule has 0 spiro atoms. The fraction of sp³-hybridized carbons (Fsp3) is 0.357. The standard InChI is InChI=1S/C14H14ClN3O2S/c15-12-4-3-11(21-12)14(19)18-8-5-10(6-9-18)20-13-2-1-7-16-17-13/h1-4,7,10H,5-6,8-9H2. The molecule has 1 fully saturated rings. The number of likely N-dealkylation sites (tertiary alicyclic amines) is 1. The molecule has 5 nitrogen and oxygen atoms in total. The van der Waals surface area contributed by atoms with Gasteiger partial charge in [0.15, 0.2) is 0 Å². The molecule has 3 heterocycles. The molecule has 1 aliphatic rings. The molecule has 0 aliphatic carbocycles. The number of carbonyl (C=O) groups is 1. The summed E-state index contributed by atoms with van der Waals surface area (Å²) in [6.07, 6.45) is 3.28. The highest BCUT2D eigenvalue weighted by atomic mass is 35.5. The number of ether oxygens (including phenoxy) is 1. The third-order valence-corrected chi connectivity index (χ3v) is 4.57. The van der Waals surface area contributed by atoms with Crippen molar-refractivity contribution in [2.45, 2.75) is 18.9 Å². The zero-order valence-corrected chi connectivity index (χ0v) is 12.8. The Balaban J connectivity index is 1.54. The Bertz CT molecular complexity index is 612. The number of halogens is 1. The van der Waals surface area contributed by atoms with Crippen LogP contribution in [0.1, 0.15) is 22.5 Å². The van der Waals surface area contributed by atoms with Crippen molar-refractivity contribution in [2.75, 3.05) is 13.1 Å². The van der Waals surface area contributed by atoms with Crippen LogP contribution in [0.5, 0.6) is 5.88 Å². The fourth-order valence-corrected chi connectivity index (χ4v) is 3.29. The monoisotopic (exact) mass is 323 g/mol. The Labute approximate surface area is 131 Å². The topological polar surface area (TPSA) is 55.3 Å². The van der Waals surface area contributed by atoms with Gasteiger partial charge in [-0.1, -0.05) is 11.6 Å². The third kappa shape index (κ3) is 3.51. The largest absolute Gasteiger partial charge is 0.473 e. The number of nitrogens with zero attached hydrogens (tertiary/aromatic N) is 3. The number of thiophene rings is 1. The molecule has 0 atom stereocenters. The van der Waals surface area contributed by atoms with E-state index >= 15 is 0 Å². The molecule has 3 rings (SSSR count). The van der Waals surface area contributed by atoms with Gasteiger partial charge in [-0.25, -0.2) is 0 Å². The summed E-state index contributed by atoms with van der Waals surface area (Å²) in [6.45, 7) is 1.36. The van der Waals surface area contributed by atoms with Crippen LogP contribution in [0.4, 0.5) is 0 Å². The Hall–Kier alpha value is -1.66. The lowest BCUT2D eigenvalue weighted by Crippen LogP contribution is -2.41. The van der Waals surface area contributed by atoms with E-state index in [1.54, 1.807) is 30.5 Å². The first kappa shape index (κ1) is 14.3. The first-order valence-electron chi connectivity index (χ1n) is 6.71. The van der Waals surface area contributed by atoms with Crippen LogP contribution in [-0.2, 0) is 0 Å². The molecule has 1 amide bonds. The normalized spacial score (nSPS) is 16.0. The predicted octanol–water partition coefficient (Wildman–Crippen LogP) is 2.88. The summed E-state index contributed by atoms with van der Waals surface area (Å²) in [7, 11) is 0. The van der Waals surface area contributed by atoms with Crippen molar-refractivity contribution in [3.8, 4) is 5.88 Å². The molecule has 0 unspecified atom stereocenters. The highest BCUT2D eigenvalue weighted by molar-refractivity contribution is 7.17. The third-order valence-electron chi connectivity index (χ3n) is 3.35. The number of hydrogen-bond donors (Lipinski definition) is 0. The molecule has 0 N–H and O–H groups in total. The molecule has 2 aromatic heterocycles. The van der Waals surface area contributed by atoms with E-state index in [1.165, 1.54) is 11.3 Å². The van der Waals surface area contributed by atoms with Gasteiger partial charge in [0.1, 0.15) is 6.10 Å². The average molecular weight is 324 g/mol. The zero-order valence-electron chi connectivity index (χ0n) is 11.2. The minimum atomic E-state index is 0.0462. The van der Waals surface area contributed by atoms with Crippen LogP contribution in [0.25, 0.3) is 0 Å². The van der Waals surface area contributed by atoms with Gasteiger partial charge in [-0.3, -0.25) is 4.79 Å². The number of carbonyl (C=O) groups excluding carboxylic acids is 1. The number of aromatic nitrogens is 2. The minimum absolute atomic E-state index is 0.0462. The SMILES string of the molecule is O=C(c1ccc(Cl)s1)N1CCC(Oc2cccnn2)CC1. The highest BCUT2D eigenvalue weighted by Crippen LogP contribution is 2.24. The quantitative estimate of drug-likeness (QED) is 0.871. The summed E-state index contributed by atoms with van der Waals surface area (Å²) in [4.78, 5) is 14.8. The number of hydrogen-bond acceptors (Lipinski definition) is 5. The molecule has 2 aromatic rings. The van der Waals surface area contributed by atoms with Gasteiger partial charge in [0.2, 0.25) is 5.88 Å². The number of amides is 1. The van der Waals surface area contributed by atoms with E-state index in [9.17, 15) is 4.79 Å². The van der Waals surface area contributed by atoms with Crippen molar-refractivity contribution in [1.29, 1.82) is 0 Å². The second-order valence-corrected chi connectivity index (χ2v) is 6.49. The first-order valence-corrected chi connectivity index (χ1v) is 7.91. The van der Waals surface area contributed by atoms with Gasteiger partial charge in [0.25, 0.3) is 5.91 Å². The second-order valence-electron chi connectivity index (χ2n) is 4.78. The maximum atomic E-state index is 12.3. The first-order chi connectivity index (χ1) is 10.2. The predicted molar refractivity (Wildman–Crippen MR) is 80.9 cm³/mol. The van der Waals surface area contributed by atoms with Crippen molar-refractivity contribution >= 4 is 28.8 Å². The molecule has 110 valence electrons. The maximum Gasteiger partial charge on any atom is 0.263 e. The molecular formula is C14H14ClN3O2S. The summed E-state index contributed by atoms with van der Waals surface area (Å²) in [5, 5.41) is 7.70. The van der Waals surface area contributed by atoms with E-state index in [2.05, 4.69) is 10.2 Å². The van der Waals surface area contributed by atoms with E-state index in [4.69, 9.17) is 16.3 Å². The summed E-state index contributed by atoms with van der Waals surface area (Å²) >= 11 is 7.19. The van der Waals surface area contributed by atoms with Crippen molar-refractivity contribution in [3.63, 3.8) is 0 Å². The highest BCUT2D eigenvalue weighted by Gasteiger charge is 2.25. The van der Waals surface area contributed by atoms with Gasteiger partial charge < -0.3 is 9.64 Å². The van der Waals surface area contributed by atoms with Crippen LogP contribution in [-0.4, -0.2) is 40.2 Å². The van der Waals surface area contributed by atoms with E-state index in [1.807, 2.05) is 4.90 Å². The average Bonchev–Trinajstić information content (AvgIpc) is 2.95. The molecule has 7 heteroatoms. The van der Waals surface area contributed by atoms with E-state index in [-0.39, 0.29) is 12.0 Å². The number of piperidine rings is 1. The van der Waals surface area contributed by atoms with Crippen LogP contribution in [0.2, 0.25) is 4.34 Å². The Morgan fingerprint density at radius 3 is 2.76 bits per heavy atom. The Morgan fingerprint density at radius 1 is 1.33 bits per heavy atom. The molecule has 0 bridgehead atoms. The summed E-state index contributed by atoms with van der Waals surface area (Å²) in [6, 6.07) is 7.11. The van der Waals surface area contributed by atoms with Crippen LogP contribution in [0, 0.1) is 0 Å². The van der Waals surface area contributed by atoms with Gasteiger partial charge in [-0.15, -0.1) is 16.4 Å². The number of rotatable bonds is 3. The lowest BCUT2D eigenvalue weighted by atomic mass is 10.1. The smallest absolute Gasteiger partial charge is 0.263 e. The Morgan fingerprint density at radius 2 is 2.14 bits per heavy atom. The fourth-order valence-electron chi connectivity index (χ4n) is 2.28. The Kier molecular flexibility index (Phi) is 4.36. The second kappa shape index (κ2) is 6.41. The summed E-state index contributed by atoms with van der Waals surface area (Å²) < 4.78 is 6.40. The van der Waals surface area contributed by atoms with Crippen molar-refractivity contribution in [2.24, 2.45) is 0 Å². The van der Waals surface area contributed by atoms with Crippen LogP contribution < -0.4 is 4.74 Å². The molecule has 0 radical (unpaired) electrons. The van der Waals surface area contributed by atoms with Crippen molar-refractivity contribution < 1.29 is 9.53 Å². The van der Waals surface area contributed by atoms with E-state index in [0.29, 0.717) is 28.2 Å². The van der Waals surface area contributed by atoms with E-state index < -0.39 is 0 Å². The van der Waals surface area contributed by atoms with Gasteiger partial charge >= 0.3 is 0 Å². The van der Waals surface area contributed by atoms with Crippen molar-refractivity contribution in [3.05, 3.63) is 39.7 Å². The maximum absolute atomic E-state index is 12.3. The zero-order chi connectivity index (χ0) is 14.7. The van der Waals surface area contributed by atoms with Crippen molar-refractivity contribution in [1.82, 2.24) is 15.1 Å². The summed E-state index contributed by atoms with van der Waals surface area (Å²) in [5.41, 5.74) is 0. The van der Waals surface area contributed by atoms with Crippen LogP contribution in [0.15, 0.2) is 30.5 Å². The summed E-state index contributed by atoms with van der Waals surface area (Å²) in [5.74, 6) is 0.581. The van der Waals surface area contributed by atoms with Crippen LogP contribution in [0.3, 0.4) is 0 Å². The van der Waals surface area contributed by atoms with Gasteiger partial charge in [0.05, 0.1) is 9.21 Å². The van der Waals surface area contributed by atoms with Gasteiger partial charge in [-0.05, 0) is 18.2 Å². The minimum Gasteiger partial charge on any atom is -0.473 e. The van der Waals surface area contributed by atoms with Gasteiger partial charge in [-0.2, -0.15) is 5.10 Å². The molecule has 0 saturated carbocycles. The molecule has 1 aliphatic heterocycles. The molecule has 1 saturated heterocycles. The lowest BCUT2D eigenvalue weighted by Gasteiger charge is -2.31. The van der Waals surface area contributed by atoms with E-state index in [0.717, 1.165) is 12.8 Å². The molecular weight excluding hydrogens is 310 g/mol.